The molecule has 3 aromatic rings. The predicted octanol–water partition coefficient (Wildman–Crippen LogP) is 4.87. The maximum Gasteiger partial charge on any atom is 0.352 e. The zero-order valence-corrected chi connectivity index (χ0v) is 18.9. The number of carbonyl (C=O) groups is 2. The smallest absolute Gasteiger partial charge is 0.352 e. The quantitative estimate of drug-likeness (QED) is 0.410. The van der Waals surface area contributed by atoms with Crippen LogP contribution in [0.1, 0.15) is 91.1 Å². The normalized spacial score (nSPS) is 11.3. The number of hydrogen-bond donors (Lipinski definition) is 4. The fraction of sp³-hybridized carbons (Fsp3) is 0.417. The van der Waals surface area contributed by atoms with E-state index in [0.29, 0.717) is 25.7 Å². The maximum absolute atomic E-state index is 11.6. The van der Waals surface area contributed by atoms with Crippen LogP contribution in [0.5, 0.6) is 0 Å². The minimum Gasteiger partial charge on any atom is -0.477 e. The molecule has 0 radical (unpaired) electrons. The number of H-pyrrole nitrogens is 2. The number of carboxylic acid groups (broad SMARTS) is 2. The van der Waals surface area contributed by atoms with Gasteiger partial charge in [0.2, 0.25) is 0 Å². The van der Waals surface area contributed by atoms with Crippen LogP contribution in [0.3, 0.4) is 0 Å². The molecule has 0 aliphatic heterocycles. The number of furan rings is 1. The Morgan fingerprint density at radius 3 is 1.32 bits per heavy atom. The van der Waals surface area contributed by atoms with Crippen molar-refractivity contribution in [2.45, 2.75) is 67.2 Å². The summed E-state index contributed by atoms with van der Waals surface area (Å²) < 4.78 is 6.21. The highest BCUT2D eigenvalue weighted by atomic mass is 16.4. The van der Waals surface area contributed by atoms with E-state index in [9.17, 15) is 19.8 Å². The summed E-state index contributed by atoms with van der Waals surface area (Å²) >= 11 is 0. The molecule has 0 saturated carbocycles. The fourth-order valence-electron chi connectivity index (χ4n) is 4.36. The van der Waals surface area contributed by atoms with Crippen LogP contribution in [0, 0.1) is 27.7 Å². The molecule has 0 aromatic carbocycles. The second-order valence-corrected chi connectivity index (χ2v) is 8.03. The lowest BCUT2D eigenvalue weighted by Gasteiger charge is -2.01. The van der Waals surface area contributed by atoms with Crippen molar-refractivity contribution in [3.63, 3.8) is 0 Å². The molecule has 3 heterocycles. The Hall–Kier alpha value is -3.22. The number of nitrogens with one attached hydrogen (secondary N) is 2. The Kier molecular flexibility index (Phi) is 6.15. The van der Waals surface area contributed by atoms with Crippen molar-refractivity contribution in [3.05, 3.63) is 67.7 Å². The van der Waals surface area contributed by atoms with E-state index in [1.165, 1.54) is 0 Å². The summed E-state index contributed by atoms with van der Waals surface area (Å²) in [4.78, 5) is 29.2. The van der Waals surface area contributed by atoms with Crippen LogP contribution in [0.2, 0.25) is 0 Å². The van der Waals surface area contributed by atoms with Crippen LogP contribution < -0.4 is 0 Å². The first-order chi connectivity index (χ1) is 14.6. The number of carboxylic acids is 2. The molecule has 31 heavy (non-hydrogen) atoms. The third-order valence-electron chi connectivity index (χ3n) is 6.42. The van der Waals surface area contributed by atoms with Gasteiger partial charge in [-0.3, -0.25) is 0 Å². The lowest BCUT2D eigenvalue weighted by molar-refractivity contribution is 0.0679. The van der Waals surface area contributed by atoms with E-state index in [1.807, 2.05) is 41.5 Å². The molecule has 3 aromatic heterocycles. The van der Waals surface area contributed by atoms with Crippen molar-refractivity contribution in [2.75, 3.05) is 0 Å². The lowest BCUT2D eigenvalue weighted by Crippen LogP contribution is -2.01. The van der Waals surface area contributed by atoms with Crippen LogP contribution >= 0.6 is 0 Å². The summed E-state index contributed by atoms with van der Waals surface area (Å²) in [5.41, 5.74) is 7.76. The van der Waals surface area contributed by atoms with Gasteiger partial charge in [0.25, 0.3) is 0 Å². The molecular weight excluding hydrogens is 396 g/mol. The zero-order valence-electron chi connectivity index (χ0n) is 18.9. The van der Waals surface area contributed by atoms with Gasteiger partial charge < -0.3 is 24.6 Å². The summed E-state index contributed by atoms with van der Waals surface area (Å²) in [6.07, 6.45) is 2.23. The Balaban J connectivity index is 1.95. The second kappa shape index (κ2) is 8.49. The fourth-order valence-corrected chi connectivity index (χ4v) is 4.36. The molecule has 0 saturated heterocycles. The van der Waals surface area contributed by atoms with Crippen molar-refractivity contribution >= 4 is 11.9 Å². The van der Waals surface area contributed by atoms with Gasteiger partial charge in [-0.1, -0.05) is 13.8 Å². The van der Waals surface area contributed by atoms with Crippen LogP contribution in [0.25, 0.3) is 0 Å². The van der Waals surface area contributed by atoms with Gasteiger partial charge in [-0.2, -0.15) is 0 Å². The van der Waals surface area contributed by atoms with Gasteiger partial charge in [0.1, 0.15) is 22.9 Å². The molecule has 4 N–H and O–H groups in total. The van der Waals surface area contributed by atoms with E-state index in [-0.39, 0.29) is 11.4 Å². The van der Waals surface area contributed by atoms with Crippen LogP contribution in [0.15, 0.2) is 4.42 Å². The van der Waals surface area contributed by atoms with Gasteiger partial charge in [0.05, 0.1) is 0 Å². The average Bonchev–Trinajstić information content (AvgIpc) is 3.30. The highest BCUT2D eigenvalue weighted by Gasteiger charge is 2.23. The standard InChI is InChI=1S/C24H30N2O5/c1-7-15-13(5)17(25-21(15)23(27)28)9-19-11(3)12(4)20(31-19)10-18-14(6)16(8-2)22(26-18)24(29)30/h25-26H,7-10H2,1-6H3,(H,27,28)(H,29,30). The van der Waals surface area contributed by atoms with E-state index in [0.717, 1.165) is 56.3 Å². The molecule has 0 fully saturated rings. The topological polar surface area (TPSA) is 119 Å². The zero-order chi connectivity index (χ0) is 23.0. The first-order valence-corrected chi connectivity index (χ1v) is 10.5. The van der Waals surface area contributed by atoms with E-state index >= 15 is 0 Å². The predicted molar refractivity (Wildman–Crippen MR) is 118 cm³/mol. The number of rotatable bonds is 8. The number of aromatic carboxylic acids is 2. The van der Waals surface area contributed by atoms with Crippen molar-refractivity contribution in [3.8, 4) is 0 Å². The van der Waals surface area contributed by atoms with Crippen LogP contribution in [-0.4, -0.2) is 32.1 Å². The molecule has 0 aliphatic carbocycles. The average molecular weight is 427 g/mol. The van der Waals surface area contributed by atoms with Gasteiger partial charge >= 0.3 is 11.9 Å². The SMILES string of the molecule is CCc1c(C(=O)O)[nH]c(Cc2oc(Cc3[nH]c(C(=O)O)c(CC)c3C)c(C)c2C)c1C. The molecule has 0 bridgehead atoms. The van der Waals surface area contributed by atoms with Crippen molar-refractivity contribution in [1.29, 1.82) is 0 Å². The minimum atomic E-state index is -0.956. The largest absolute Gasteiger partial charge is 0.477 e. The molecule has 0 unspecified atom stereocenters. The van der Waals surface area contributed by atoms with Gasteiger partial charge in [-0.25, -0.2) is 9.59 Å². The maximum atomic E-state index is 11.6. The molecule has 0 atom stereocenters. The summed E-state index contributed by atoms with van der Waals surface area (Å²) in [7, 11) is 0. The molecule has 0 spiro atoms. The number of aromatic amines is 2. The van der Waals surface area contributed by atoms with E-state index in [4.69, 9.17) is 4.42 Å². The molecule has 166 valence electrons. The van der Waals surface area contributed by atoms with E-state index in [1.54, 1.807) is 0 Å². The molecule has 0 amide bonds. The molecule has 7 nitrogen and oxygen atoms in total. The number of hydrogen-bond acceptors (Lipinski definition) is 3. The summed E-state index contributed by atoms with van der Waals surface area (Å²) in [6, 6.07) is 0. The van der Waals surface area contributed by atoms with Crippen LogP contribution in [-0.2, 0) is 25.7 Å². The molecule has 0 aliphatic rings. The first-order valence-electron chi connectivity index (χ1n) is 10.5. The lowest BCUT2D eigenvalue weighted by atomic mass is 10.0. The summed E-state index contributed by atoms with van der Waals surface area (Å²) in [5.74, 6) is -0.338. The Morgan fingerprint density at radius 2 is 1.06 bits per heavy atom. The number of aromatic nitrogens is 2. The summed E-state index contributed by atoms with van der Waals surface area (Å²) in [6.45, 7) is 11.8. The van der Waals surface area contributed by atoms with E-state index < -0.39 is 11.9 Å². The minimum absolute atomic E-state index is 0.242. The third kappa shape index (κ3) is 3.92. The third-order valence-corrected chi connectivity index (χ3v) is 6.42. The van der Waals surface area contributed by atoms with Crippen molar-refractivity contribution in [1.82, 2.24) is 9.97 Å². The highest BCUT2D eigenvalue weighted by molar-refractivity contribution is 5.88. The monoisotopic (exact) mass is 426 g/mol. The van der Waals surface area contributed by atoms with Crippen LogP contribution in [0.4, 0.5) is 0 Å². The van der Waals surface area contributed by atoms with Gasteiger partial charge in [0.15, 0.2) is 0 Å². The second-order valence-electron chi connectivity index (χ2n) is 8.03. The van der Waals surface area contributed by atoms with Gasteiger partial charge in [0, 0.05) is 24.2 Å². The van der Waals surface area contributed by atoms with Gasteiger partial charge in [-0.05, 0) is 73.9 Å². The van der Waals surface area contributed by atoms with Crippen molar-refractivity contribution < 1.29 is 24.2 Å². The Labute approximate surface area is 181 Å². The molecule has 3 rings (SSSR count). The Morgan fingerprint density at radius 1 is 0.710 bits per heavy atom. The summed E-state index contributed by atoms with van der Waals surface area (Å²) in [5, 5.41) is 19.0. The van der Waals surface area contributed by atoms with Gasteiger partial charge in [-0.15, -0.1) is 0 Å². The highest BCUT2D eigenvalue weighted by Crippen LogP contribution is 2.30. The first kappa shape index (κ1) is 22.5. The Bertz CT molecular complexity index is 1070. The molecule has 7 heteroatoms. The van der Waals surface area contributed by atoms with E-state index in [2.05, 4.69) is 9.97 Å². The molecular formula is C24H30N2O5. The van der Waals surface area contributed by atoms with Crippen molar-refractivity contribution in [2.24, 2.45) is 0 Å².